The van der Waals surface area contributed by atoms with Crippen LogP contribution in [0, 0.1) is 0 Å². The van der Waals surface area contributed by atoms with Gasteiger partial charge < -0.3 is 14.1 Å². The first-order valence-corrected chi connectivity index (χ1v) is 18.0. The van der Waals surface area contributed by atoms with Gasteiger partial charge in [-0.1, -0.05) is 85.9 Å². The number of quaternary nitrogens is 1. The van der Waals surface area contributed by atoms with Crippen LogP contribution in [-0.4, -0.2) is 49.3 Å². The van der Waals surface area contributed by atoms with Crippen LogP contribution >= 0.6 is 11.3 Å². The molecule has 0 radical (unpaired) electrons. The van der Waals surface area contributed by atoms with Crippen molar-refractivity contribution < 1.29 is 18.6 Å². The van der Waals surface area contributed by atoms with Crippen molar-refractivity contribution in [2.24, 2.45) is 0 Å². The Hall–Kier alpha value is -3.48. The summed E-state index contributed by atoms with van der Waals surface area (Å²) < 4.78 is 10.1. The maximum Gasteiger partial charge on any atom is 0.306 e. The lowest BCUT2D eigenvalue weighted by Crippen LogP contribution is -2.48. The molecule has 6 heteroatoms. The topological polar surface area (TPSA) is 33.4 Å². The second-order valence-electron chi connectivity index (χ2n) is 13.0. The Kier molecular flexibility index (Phi) is 12.6. The number of aryl methyl sites for hydroxylation is 1. The number of anilines is 1. The average molecular weight is 642 g/mol. The van der Waals surface area contributed by atoms with E-state index in [1.165, 1.54) is 69.3 Å². The molecule has 1 aromatic heterocycles. The number of benzene rings is 2. The molecule has 0 bridgehead atoms. The minimum absolute atomic E-state index is 0.0446. The molecule has 0 saturated heterocycles. The maximum atomic E-state index is 12.1. The number of nitrogens with zero attached hydrogens (tertiary/aromatic N) is 3. The van der Waals surface area contributed by atoms with Crippen molar-refractivity contribution in [1.82, 2.24) is 0 Å². The van der Waals surface area contributed by atoms with Gasteiger partial charge in [0.1, 0.15) is 4.70 Å². The van der Waals surface area contributed by atoms with E-state index in [0.717, 1.165) is 19.5 Å². The molecule has 246 valence electrons. The smallest absolute Gasteiger partial charge is 0.306 e. The van der Waals surface area contributed by atoms with Gasteiger partial charge in [0, 0.05) is 48.3 Å². The van der Waals surface area contributed by atoms with Crippen molar-refractivity contribution >= 4 is 39.3 Å². The van der Waals surface area contributed by atoms with E-state index < -0.39 is 0 Å². The first-order valence-electron chi connectivity index (χ1n) is 17.2. The number of thiazole rings is 1. The first kappa shape index (κ1) is 35.4. The van der Waals surface area contributed by atoms with Crippen LogP contribution in [0.15, 0.2) is 90.7 Å². The van der Waals surface area contributed by atoms with Gasteiger partial charge in [0.15, 0.2) is 6.54 Å². The SMILES string of the molecule is CC[N+](CC)(CC)CCCN1C(=CC=CC=CC=Cc2sc3ccccc3[n+]2CCCC(=O)OC(C)C)C(C)(C)c2ccccc21. The third-order valence-corrected chi connectivity index (χ3v) is 10.7. The van der Waals surface area contributed by atoms with Crippen LogP contribution in [0.3, 0.4) is 0 Å². The molecule has 1 aliphatic rings. The summed E-state index contributed by atoms with van der Waals surface area (Å²) in [5.41, 5.74) is 5.27. The number of carbonyl (C=O) groups excluding carboxylic acids is 1. The van der Waals surface area contributed by atoms with E-state index in [9.17, 15) is 4.79 Å². The third-order valence-electron chi connectivity index (χ3n) is 9.53. The molecule has 3 aromatic rings. The molecule has 0 unspecified atom stereocenters. The van der Waals surface area contributed by atoms with Crippen LogP contribution in [0.5, 0.6) is 0 Å². The standard InChI is InChI=1S/C40H55N3O2S/c1-8-43(9-2,10-3)31-21-30-41-34-23-17-16-22-33(34)40(6,7)37(41)26-14-12-11-13-15-27-38-42(29-20-28-39(44)45-32(4)5)35-24-18-19-25-36(35)46-38/h11-19,22-27,32H,8-10,20-21,28-31H2,1-7H3/q+2. The molecular formula is C40H55N3O2S+2. The van der Waals surface area contributed by atoms with E-state index in [1.54, 1.807) is 11.3 Å². The zero-order chi connectivity index (χ0) is 33.2. The van der Waals surface area contributed by atoms with Gasteiger partial charge in [-0.2, -0.15) is 4.57 Å². The number of ether oxygens (including phenoxy) is 1. The Balaban J connectivity index is 1.45. The van der Waals surface area contributed by atoms with Crippen molar-refractivity contribution in [2.75, 3.05) is 37.6 Å². The van der Waals surface area contributed by atoms with E-state index in [1.807, 2.05) is 13.8 Å². The summed E-state index contributed by atoms with van der Waals surface area (Å²) in [6.45, 7) is 22.1. The first-order chi connectivity index (χ1) is 22.2. The van der Waals surface area contributed by atoms with Gasteiger partial charge in [-0.3, -0.25) is 4.79 Å². The van der Waals surface area contributed by atoms with Gasteiger partial charge in [-0.25, -0.2) is 0 Å². The molecule has 0 saturated carbocycles. The molecule has 0 atom stereocenters. The molecule has 4 rings (SSSR count). The minimum atomic E-state index is -0.129. The van der Waals surface area contributed by atoms with Crippen molar-refractivity contribution in [3.05, 3.63) is 101 Å². The lowest BCUT2D eigenvalue weighted by molar-refractivity contribution is -0.923. The number of esters is 1. The second-order valence-corrected chi connectivity index (χ2v) is 14.1. The van der Waals surface area contributed by atoms with Crippen LogP contribution in [-0.2, 0) is 21.5 Å². The van der Waals surface area contributed by atoms with Crippen molar-refractivity contribution in [1.29, 1.82) is 0 Å². The molecule has 2 aromatic carbocycles. The van der Waals surface area contributed by atoms with Gasteiger partial charge in [-0.05, 0) is 58.4 Å². The van der Waals surface area contributed by atoms with E-state index in [4.69, 9.17) is 4.74 Å². The van der Waals surface area contributed by atoms with Gasteiger partial charge in [-0.15, -0.1) is 0 Å². The summed E-state index contributed by atoms with van der Waals surface area (Å²) >= 11 is 1.78. The van der Waals surface area contributed by atoms with E-state index in [0.29, 0.717) is 6.42 Å². The quantitative estimate of drug-likeness (QED) is 0.0678. The van der Waals surface area contributed by atoms with Crippen LogP contribution in [0.25, 0.3) is 16.3 Å². The molecule has 0 N–H and O–H groups in total. The van der Waals surface area contributed by atoms with Gasteiger partial charge in [0.25, 0.3) is 5.01 Å². The molecular weight excluding hydrogens is 587 g/mol. The predicted octanol–water partition coefficient (Wildman–Crippen LogP) is 8.99. The fourth-order valence-electron chi connectivity index (χ4n) is 6.68. The molecule has 0 amide bonds. The fraction of sp³-hybridized carbons (Fsp3) is 0.450. The number of carbonyl (C=O) groups is 1. The number of rotatable bonds is 16. The summed E-state index contributed by atoms with van der Waals surface area (Å²) in [5.74, 6) is -0.129. The molecule has 1 aliphatic heterocycles. The maximum absolute atomic E-state index is 12.1. The summed E-state index contributed by atoms with van der Waals surface area (Å²) in [7, 11) is 0. The predicted molar refractivity (Wildman–Crippen MR) is 196 cm³/mol. The Morgan fingerprint density at radius 2 is 1.61 bits per heavy atom. The van der Waals surface area contributed by atoms with Crippen LogP contribution in [0.1, 0.15) is 78.3 Å². The fourth-order valence-corrected chi connectivity index (χ4v) is 7.78. The van der Waals surface area contributed by atoms with Gasteiger partial charge >= 0.3 is 5.97 Å². The van der Waals surface area contributed by atoms with Gasteiger partial charge in [0.05, 0.1) is 38.7 Å². The lowest BCUT2D eigenvalue weighted by atomic mass is 9.84. The molecule has 46 heavy (non-hydrogen) atoms. The minimum Gasteiger partial charge on any atom is -0.463 e. The monoisotopic (exact) mass is 641 g/mol. The van der Waals surface area contributed by atoms with Crippen LogP contribution in [0.2, 0.25) is 0 Å². The molecule has 5 nitrogen and oxygen atoms in total. The summed E-state index contributed by atoms with van der Waals surface area (Å²) in [4.78, 5) is 14.6. The highest BCUT2D eigenvalue weighted by molar-refractivity contribution is 7.18. The highest BCUT2D eigenvalue weighted by Crippen LogP contribution is 2.47. The number of allylic oxidation sites excluding steroid dienone is 7. The van der Waals surface area contributed by atoms with Crippen molar-refractivity contribution in [3.8, 4) is 0 Å². The van der Waals surface area contributed by atoms with E-state index in [-0.39, 0.29) is 17.5 Å². The Morgan fingerprint density at radius 3 is 2.35 bits per heavy atom. The normalized spacial score (nSPS) is 15.8. The number of hydrogen-bond donors (Lipinski definition) is 0. The van der Waals surface area contributed by atoms with Crippen molar-refractivity contribution in [2.45, 2.75) is 85.8 Å². The van der Waals surface area contributed by atoms with E-state index >= 15 is 0 Å². The summed E-state index contributed by atoms with van der Waals surface area (Å²) in [5, 5.41) is 1.17. The van der Waals surface area contributed by atoms with Gasteiger partial charge in [0.2, 0.25) is 5.52 Å². The lowest BCUT2D eigenvalue weighted by Gasteiger charge is -2.36. The molecule has 0 fully saturated rings. The molecule has 0 aliphatic carbocycles. The highest BCUT2D eigenvalue weighted by Gasteiger charge is 2.39. The number of aromatic nitrogens is 1. The van der Waals surface area contributed by atoms with Crippen molar-refractivity contribution in [3.63, 3.8) is 0 Å². The highest BCUT2D eigenvalue weighted by atomic mass is 32.1. The Bertz CT molecular complexity index is 1560. The molecule has 2 heterocycles. The third kappa shape index (κ3) is 8.45. The average Bonchev–Trinajstić information content (AvgIpc) is 3.50. The summed E-state index contributed by atoms with van der Waals surface area (Å²) in [6, 6.07) is 17.4. The zero-order valence-corrected chi connectivity index (χ0v) is 30.0. The second kappa shape index (κ2) is 16.4. The number of fused-ring (bicyclic) bond motifs is 2. The number of para-hydroxylation sites is 2. The molecule has 0 spiro atoms. The van der Waals surface area contributed by atoms with Crippen LogP contribution < -0.4 is 9.47 Å². The number of hydrogen-bond acceptors (Lipinski definition) is 4. The van der Waals surface area contributed by atoms with E-state index in [2.05, 4.69) is 135 Å². The zero-order valence-electron chi connectivity index (χ0n) is 29.2. The Morgan fingerprint density at radius 1 is 0.935 bits per heavy atom. The largest absolute Gasteiger partial charge is 0.463 e. The Labute approximate surface area is 281 Å². The summed E-state index contributed by atoms with van der Waals surface area (Å²) in [6.07, 6.45) is 17.3. The van der Waals surface area contributed by atoms with Crippen LogP contribution in [0.4, 0.5) is 5.69 Å².